The lowest BCUT2D eigenvalue weighted by Gasteiger charge is -2.15. The third-order valence-electron chi connectivity index (χ3n) is 3.62. The molecule has 0 radical (unpaired) electrons. The summed E-state index contributed by atoms with van der Waals surface area (Å²) in [6, 6.07) is 14.0. The molecule has 0 aliphatic rings. The summed E-state index contributed by atoms with van der Waals surface area (Å²) in [5.41, 5.74) is 1.63. The van der Waals surface area contributed by atoms with Crippen molar-refractivity contribution in [2.24, 2.45) is 0 Å². The van der Waals surface area contributed by atoms with Gasteiger partial charge in [0.1, 0.15) is 12.6 Å². The van der Waals surface area contributed by atoms with E-state index in [1.165, 1.54) is 24.3 Å². The Morgan fingerprint density at radius 1 is 0.923 bits per heavy atom. The van der Waals surface area contributed by atoms with Crippen LogP contribution in [-0.4, -0.2) is 40.7 Å². The lowest BCUT2D eigenvalue weighted by Crippen LogP contribution is -2.43. The Morgan fingerprint density at radius 2 is 1.58 bits per heavy atom. The van der Waals surface area contributed by atoms with Crippen molar-refractivity contribution in [3.63, 3.8) is 0 Å². The Hall–Kier alpha value is -3.19. The van der Waals surface area contributed by atoms with Gasteiger partial charge in [0.25, 0.3) is 0 Å². The molecule has 2 aromatic rings. The maximum atomic E-state index is 11.9. The molecule has 0 aromatic heterocycles. The zero-order valence-electron chi connectivity index (χ0n) is 13.9. The summed E-state index contributed by atoms with van der Waals surface area (Å²) in [5, 5.41) is 20.6. The molecule has 2 rings (SSSR count). The zero-order chi connectivity index (χ0) is 18.9. The van der Waals surface area contributed by atoms with Gasteiger partial charge in [-0.05, 0) is 23.3 Å². The largest absolute Gasteiger partial charge is 0.480 e. The number of benzene rings is 2. The van der Waals surface area contributed by atoms with Crippen molar-refractivity contribution in [1.29, 1.82) is 0 Å². The predicted molar refractivity (Wildman–Crippen MR) is 92.8 cm³/mol. The fraction of sp³-hybridized carbons (Fsp3) is 0.211. The number of ether oxygens (including phenoxy) is 1. The molecule has 0 aliphatic heterocycles. The third-order valence-corrected chi connectivity index (χ3v) is 3.62. The van der Waals surface area contributed by atoms with Crippen LogP contribution >= 0.6 is 0 Å². The molecule has 0 spiro atoms. The SMILES string of the molecule is O=C(COCc1ccccc1)N[C@@H](Cc1ccc(C(=O)O)cc1)C(=O)O. The Morgan fingerprint density at radius 3 is 2.15 bits per heavy atom. The van der Waals surface area contributed by atoms with Crippen molar-refractivity contribution in [2.75, 3.05) is 6.61 Å². The molecule has 0 bridgehead atoms. The maximum Gasteiger partial charge on any atom is 0.335 e. The molecule has 136 valence electrons. The van der Waals surface area contributed by atoms with Gasteiger partial charge in [0.2, 0.25) is 5.91 Å². The van der Waals surface area contributed by atoms with Gasteiger partial charge < -0.3 is 20.3 Å². The second-order valence-corrected chi connectivity index (χ2v) is 5.64. The van der Waals surface area contributed by atoms with Crippen molar-refractivity contribution in [3.8, 4) is 0 Å². The van der Waals surface area contributed by atoms with Crippen LogP contribution < -0.4 is 5.32 Å². The number of hydrogen-bond acceptors (Lipinski definition) is 4. The van der Waals surface area contributed by atoms with E-state index >= 15 is 0 Å². The zero-order valence-corrected chi connectivity index (χ0v) is 13.9. The smallest absolute Gasteiger partial charge is 0.335 e. The number of rotatable bonds is 9. The summed E-state index contributed by atoms with van der Waals surface area (Å²) in [6.45, 7) is -0.000719. The van der Waals surface area contributed by atoms with E-state index in [1.807, 2.05) is 30.3 Å². The van der Waals surface area contributed by atoms with Gasteiger partial charge in [0, 0.05) is 6.42 Å². The quantitative estimate of drug-likeness (QED) is 0.630. The highest BCUT2D eigenvalue weighted by Crippen LogP contribution is 2.08. The van der Waals surface area contributed by atoms with Crippen molar-refractivity contribution < 1.29 is 29.3 Å². The molecule has 1 atom stereocenters. The highest BCUT2D eigenvalue weighted by Gasteiger charge is 2.20. The molecule has 7 heteroatoms. The van der Waals surface area contributed by atoms with Crippen LogP contribution in [0.3, 0.4) is 0 Å². The highest BCUT2D eigenvalue weighted by molar-refractivity contribution is 5.87. The molecule has 0 saturated carbocycles. The van der Waals surface area contributed by atoms with Gasteiger partial charge in [-0.15, -0.1) is 0 Å². The van der Waals surface area contributed by atoms with Gasteiger partial charge in [-0.25, -0.2) is 9.59 Å². The summed E-state index contributed by atoms with van der Waals surface area (Å²) in [5.74, 6) is -2.77. The summed E-state index contributed by atoms with van der Waals surface area (Å²) in [6.07, 6.45) is 0.0413. The van der Waals surface area contributed by atoms with Gasteiger partial charge in [0.05, 0.1) is 12.2 Å². The number of carboxylic acids is 2. The summed E-state index contributed by atoms with van der Waals surface area (Å²) < 4.78 is 5.28. The number of aliphatic carboxylic acids is 1. The first kappa shape index (κ1) is 19.1. The molecule has 1 amide bonds. The third kappa shape index (κ3) is 6.03. The number of carbonyl (C=O) groups excluding carboxylic acids is 1. The number of aromatic carboxylic acids is 1. The summed E-state index contributed by atoms with van der Waals surface area (Å²) >= 11 is 0. The number of hydrogen-bond donors (Lipinski definition) is 3. The number of carbonyl (C=O) groups is 3. The Kier molecular flexibility index (Phi) is 6.87. The molecule has 0 unspecified atom stereocenters. The minimum Gasteiger partial charge on any atom is -0.480 e. The van der Waals surface area contributed by atoms with E-state index in [9.17, 15) is 19.5 Å². The van der Waals surface area contributed by atoms with E-state index in [2.05, 4.69) is 5.32 Å². The topological polar surface area (TPSA) is 113 Å². The molecule has 7 nitrogen and oxygen atoms in total. The molecule has 0 heterocycles. The van der Waals surface area contributed by atoms with Gasteiger partial charge in [-0.3, -0.25) is 4.79 Å². The molecule has 0 aliphatic carbocycles. The van der Waals surface area contributed by atoms with Gasteiger partial charge in [-0.1, -0.05) is 42.5 Å². The van der Waals surface area contributed by atoms with Crippen LogP contribution in [0.4, 0.5) is 0 Å². The van der Waals surface area contributed by atoms with Crippen molar-refractivity contribution in [3.05, 3.63) is 71.3 Å². The van der Waals surface area contributed by atoms with Crippen molar-refractivity contribution in [1.82, 2.24) is 5.32 Å². The van der Waals surface area contributed by atoms with E-state index in [4.69, 9.17) is 9.84 Å². The minimum absolute atomic E-state index is 0.0413. The van der Waals surface area contributed by atoms with Crippen LogP contribution in [0.2, 0.25) is 0 Å². The van der Waals surface area contributed by atoms with Crippen molar-refractivity contribution in [2.45, 2.75) is 19.1 Å². The maximum absolute atomic E-state index is 11.9. The number of amides is 1. The highest BCUT2D eigenvalue weighted by atomic mass is 16.5. The molecule has 26 heavy (non-hydrogen) atoms. The fourth-order valence-electron chi connectivity index (χ4n) is 2.29. The normalized spacial score (nSPS) is 11.5. The van der Waals surface area contributed by atoms with Crippen LogP contribution in [0, 0.1) is 0 Å². The standard InChI is InChI=1S/C19H19NO6/c21-17(12-26-11-14-4-2-1-3-5-14)20-16(19(24)25)10-13-6-8-15(9-7-13)18(22)23/h1-9,16H,10-12H2,(H,20,21)(H,22,23)(H,24,25)/t16-/m0/s1. The fourth-order valence-corrected chi connectivity index (χ4v) is 2.29. The molecular formula is C19H19NO6. The molecule has 3 N–H and O–H groups in total. The number of nitrogens with one attached hydrogen (secondary N) is 1. The van der Waals surface area contributed by atoms with Crippen LogP contribution in [0.5, 0.6) is 0 Å². The average Bonchev–Trinajstić information content (AvgIpc) is 2.62. The van der Waals surface area contributed by atoms with E-state index in [-0.39, 0.29) is 25.2 Å². The van der Waals surface area contributed by atoms with Gasteiger partial charge in [0.15, 0.2) is 0 Å². The Labute approximate surface area is 150 Å². The van der Waals surface area contributed by atoms with Crippen LogP contribution in [0.15, 0.2) is 54.6 Å². The molecule has 0 fully saturated rings. The monoisotopic (exact) mass is 357 g/mol. The van der Waals surface area contributed by atoms with Gasteiger partial charge >= 0.3 is 11.9 Å². The second-order valence-electron chi connectivity index (χ2n) is 5.64. The second kappa shape index (κ2) is 9.33. The molecule has 2 aromatic carbocycles. The first-order valence-electron chi connectivity index (χ1n) is 7.92. The molecule has 0 saturated heterocycles. The lowest BCUT2D eigenvalue weighted by molar-refractivity contribution is -0.142. The minimum atomic E-state index is -1.18. The molecular weight excluding hydrogens is 338 g/mol. The summed E-state index contributed by atoms with van der Waals surface area (Å²) in [7, 11) is 0. The van der Waals surface area contributed by atoms with Crippen LogP contribution in [-0.2, 0) is 27.4 Å². The van der Waals surface area contributed by atoms with Crippen molar-refractivity contribution >= 4 is 17.8 Å². The first-order valence-corrected chi connectivity index (χ1v) is 7.92. The van der Waals surface area contributed by atoms with Crippen LogP contribution in [0.25, 0.3) is 0 Å². The van der Waals surface area contributed by atoms with E-state index in [0.717, 1.165) is 5.56 Å². The van der Waals surface area contributed by atoms with Crippen LogP contribution in [0.1, 0.15) is 21.5 Å². The van der Waals surface area contributed by atoms with Gasteiger partial charge in [-0.2, -0.15) is 0 Å². The number of carboxylic acid groups (broad SMARTS) is 2. The Balaban J connectivity index is 1.85. The average molecular weight is 357 g/mol. The lowest BCUT2D eigenvalue weighted by atomic mass is 10.0. The van der Waals surface area contributed by atoms with E-state index < -0.39 is 23.9 Å². The Bertz CT molecular complexity index is 757. The van der Waals surface area contributed by atoms with E-state index in [1.54, 1.807) is 0 Å². The summed E-state index contributed by atoms with van der Waals surface area (Å²) in [4.78, 5) is 34.1. The predicted octanol–water partition coefficient (Wildman–Crippen LogP) is 1.71. The first-order chi connectivity index (χ1) is 12.5. The van der Waals surface area contributed by atoms with E-state index in [0.29, 0.717) is 5.56 Å².